The van der Waals surface area contributed by atoms with Crippen molar-refractivity contribution in [3.63, 3.8) is 0 Å². The van der Waals surface area contributed by atoms with Gasteiger partial charge in [-0.15, -0.1) is 0 Å². The molecule has 2 aromatic rings. The van der Waals surface area contributed by atoms with Gasteiger partial charge in [-0.25, -0.2) is 0 Å². The molecule has 0 fully saturated rings. The number of nitrogens with one attached hydrogen (secondary N) is 1. The molecule has 126 valence electrons. The lowest BCUT2D eigenvalue weighted by Crippen LogP contribution is -2.27. The highest BCUT2D eigenvalue weighted by molar-refractivity contribution is 8.14. The monoisotopic (exact) mass is 380 g/mol. The number of methoxy groups -OCH3 is 1. The Kier molecular flexibility index (Phi) is 5.93. The fourth-order valence-electron chi connectivity index (χ4n) is 2.63. The topological polar surface area (TPSA) is 33.6 Å². The Morgan fingerprint density at radius 1 is 1.25 bits per heavy atom. The summed E-state index contributed by atoms with van der Waals surface area (Å²) in [5.41, 5.74) is 2.13. The van der Waals surface area contributed by atoms with Gasteiger partial charge >= 0.3 is 0 Å². The third kappa shape index (κ3) is 4.18. The van der Waals surface area contributed by atoms with Crippen LogP contribution in [0.4, 0.5) is 0 Å². The van der Waals surface area contributed by atoms with Crippen LogP contribution < -0.4 is 10.1 Å². The van der Waals surface area contributed by atoms with Crippen LogP contribution in [0, 0.1) is 0 Å². The van der Waals surface area contributed by atoms with Gasteiger partial charge in [0.1, 0.15) is 5.75 Å². The van der Waals surface area contributed by atoms with Crippen LogP contribution in [0.2, 0.25) is 10.0 Å². The van der Waals surface area contributed by atoms with Gasteiger partial charge in [-0.2, -0.15) is 0 Å². The van der Waals surface area contributed by atoms with Crippen LogP contribution in [0.15, 0.2) is 47.5 Å². The number of hydrogen-bond donors (Lipinski definition) is 1. The number of amidine groups is 1. The number of nitrogens with zero attached hydrogens (tertiary/aromatic N) is 1. The van der Waals surface area contributed by atoms with Crippen molar-refractivity contribution in [2.24, 2.45) is 4.99 Å². The zero-order valence-electron chi connectivity index (χ0n) is 13.3. The van der Waals surface area contributed by atoms with Gasteiger partial charge in [-0.3, -0.25) is 4.99 Å². The highest BCUT2D eigenvalue weighted by Gasteiger charge is 2.20. The number of hydrogen-bond acceptors (Lipinski definition) is 4. The number of benzene rings is 2. The average molecular weight is 381 g/mol. The molecule has 0 saturated carbocycles. The van der Waals surface area contributed by atoms with Gasteiger partial charge in [0.15, 0.2) is 5.17 Å². The lowest BCUT2D eigenvalue weighted by atomic mass is 9.98. The van der Waals surface area contributed by atoms with Crippen molar-refractivity contribution >= 4 is 40.1 Å². The van der Waals surface area contributed by atoms with Gasteiger partial charge in [0.05, 0.1) is 29.7 Å². The molecule has 2 aromatic carbocycles. The standard InChI is InChI=1S/C18H18Cl2N2OS/c1-23-13-5-2-4-12(10-13)11-16(22-18-21-8-9-24-18)14-6-3-7-15(19)17(14)20/h2-7,10,16H,8-9,11H2,1H3,(H,21,22). The molecule has 1 heterocycles. The van der Waals surface area contributed by atoms with E-state index >= 15 is 0 Å². The summed E-state index contributed by atoms with van der Waals surface area (Å²) in [4.78, 5) is 4.50. The minimum absolute atomic E-state index is 0.00680. The predicted octanol–water partition coefficient (Wildman–Crippen LogP) is 4.98. The second kappa shape index (κ2) is 8.15. The normalized spacial score (nSPS) is 15.0. The van der Waals surface area contributed by atoms with Gasteiger partial charge in [0, 0.05) is 5.75 Å². The second-order valence-electron chi connectivity index (χ2n) is 5.43. The molecule has 1 aliphatic heterocycles. The van der Waals surface area contributed by atoms with Crippen LogP contribution in [0.5, 0.6) is 5.75 Å². The van der Waals surface area contributed by atoms with Crippen LogP contribution in [-0.2, 0) is 6.42 Å². The van der Waals surface area contributed by atoms with Crippen molar-refractivity contribution in [1.29, 1.82) is 0 Å². The van der Waals surface area contributed by atoms with Crippen molar-refractivity contribution in [2.75, 3.05) is 19.4 Å². The van der Waals surface area contributed by atoms with E-state index in [2.05, 4.69) is 16.4 Å². The number of halogens is 2. The van der Waals surface area contributed by atoms with E-state index in [4.69, 9.17) is 27.9 Å². The van der Waals surface area contributed by atoms with Crippen molar-refractivity contribution in [2.45, 2.75) is 12.5 Å². The largest absolute Gasteiger partial charge is 0.497 e. The molecular weight excluding hydrogens is 363 g/mol. The minimum atomic E-state index is -0.00680. The predicted molar refractivity (Wildman–Crippen MR) is 104 cm³/mol. The van der Waals surface area contributed by atoms with Gasteiger partial charge in [0.25, 0.3) is 0 Å². The van der Waals surface area contributed by atoms with Gasteiger partial charge in [-0.05, 0) is 35.7 Å². The molecule has 0 radical (unpaired) electrons. The van der Waals surface area contributed by atoms with Crippen LogP contribution in [-0.4, -0.2) is 24.6 Å². The lowest BCUT2D eigenvalue weighted by Gasteiger charge is -2.22. The van der Waals surface area contributed by atoms with Gasteiger partial charge in [-0.1, -0.05) is 59.2 Å². The van der Waals surface area contributed by atoms with E-state index in [1.165, 1.54) is 0 Å². The molecule has 0 aliphatic carbocycles. The molecule has 3 rings (SSSR count). The van der Waals surface area contributed by atoms with Gasteiger partial charge < -0.3 is 10.1 Å². The lowest BCUT2D eigenvalue weighted by molar-refractivity contribution is 0.414. The van der Waals surface area contributed by atoms with E-state index in [1.807, 2.05) is 30.3 Å². The summed E-state index contributed by atoms with van der Waals surface area (Å²) in [7, 11) is 1.67. The van der Waals surface area contributed by atoms with E-state index in [1.54, 1.807) is 24.9 Å². The summed E-state index contributed by atoms with van der Waals surface area (Å²) in [6.07, 6.45) is 0.761. The molecule has 3 nitrogen and oxygen atoms in total. The fourth-order valence-corrected chi connectivity index (χ4v) is 3.86. The Labute approximate surface area is 156 Å². The first kappa shape index (κ1) is 17.5. The highest BCUT2D eigenvalue weighted by atomic mass is 35.5. The smallest absolute Gasteiger partial charge is 0.157 e. The SMILES string of the molecule is COc1cccc(CC(NC2=NCCS2)c2cccc(Cl)c2Cl)c1. The maximum atomic E-state index is 6.45. The first-order valence-corrected chi connectivity index (χ1v) is 9.42. The molecule has 6 heteroatoms. The van der Waals surface area contributed by atoms with Crippen molar-refractivity contribution in [3.8, 4) is 5.75 Å². The molecule has 0 amide bonds. The Balaban J connectivity index is 1.90. The maximum absolute atomic E-state index is 6.45. The van der Waals surface area contributed by atoms with Crippen LogP contribution >= 0.6 is 35.0 Å². The molecular formula is C18H18Cl2N2OS. The number of aliphatic imine (C=N–C) groups is 1. The summed E-state index contributed by atoms with van der Waals surface area (Å²) >= 11 is 14.4. The summed E-state index contributed by atoms with van der Waals surface area (Å²) in [5, 5.41) is 5.62. The number of rotatable bonds is 5. The van der Waals surface area contributed by atoms with E-state index < -0.39 is 0 Å². The Bertz CT molecular complexity index is 752. The second-order valence-corrected chi connectivity index (χ2v) is 7.30. The molecule has 0 aromatic heterocycles. The van der Waals surface area contributed by atoms with Crippen LogP contribution in [0.3, 0.4) is 0 Å². The number of ether oxygens (including phenoxy) is 1. The summed E-state index contributed by atoms with van der Waals surface area (Å²) < 4.78 is 5.32. The maximum Gasteiger partial charge on any atom is 0.157 e. The van der Waals surface area contributed by atoms with Gasteiger partial charge in [0.2, 0.25) is 0 Å². The Morgan fingerprint density at radius 3 is 2.83 bits per heavy atom. The van der Waals surface area contributed by atoms with Crippen molar-refractivity contribution < 1.29 is 4.74 Å². The molecule has 0 saturated heterocycles. The molecule has 0 spiro atoms. The molecule has 0 bridgehead atoms. The van der Waals surface area contributed by atoms with E-state index in [9.17, 15) is 0 Å². The third-order valence-corrected chi connectivity index (χ3v) is 5.55. The van der Waals surface area contributed by atoms with Crippen molar-refractivity contribution in [3.05, 3.63) is 63.6 Å². The third-order valence-electron chi connectivity index (χ3n) is 3.81. The Morgan fingerprint density at radius 2 is 2.08 bits per heavy atom. The first-order valence-electron chi connectivity index (χ1n) is 7.68. The zero-order valence-corrected chi connectivity index (χ0v) is 15.6. The first-order chi connectivity index (χ1) is 11.7. The fraction of sp³-hybridized carbons (Fsp3) is 0.278. The molecule has 1 atom stereocenters. The summed E-state index contributed by atoms with van der Waals surface area (Å²) in [5.74, 6) is 1.85. The van der Waals surface area contributed by atoms with Crippen LogP contribution in [0.1, 0.15) is 17.2 Å². The minimum Gasteiger partial charge on any atom is -0.497 e. The quantitative estimate of drug-likeness (QED) is 0.793. The highest BCUT2D eigenvalue weighted by Crippen LogP contribution is 2.32. The van der Waals surface area contributed by atoms with E-state index in [0.29, 0.717) is 10.0 Å². The number of thioether (sulfide) groups is 1. The zero-order chi connectivity index (χ0) is 16.9. The van der Waals surface area contributed by atoms with E-state index in [0.717, 1.165) is 40.8 Å². The van der Waals surface area contributed by atoms with E-state index in [-0.39, 0.29) is 6.04 Å². The van der Waals surface area contributed by atoms with Crippen molar-refractivity contribution in [1.82, 2.24) is 5.32 Å². The molecule has 1 unspecified atom stereocenters. The summed E-state index contributed by atoms with van der Waals surface area (Å²) in [6, 6.07) is 13.8. The summed E-state index contributed by atoms with van der Waals surface area (Å²) in [6.45, 7) is 0.849. The molecule has 1 aliphatic rings. The van der Waals surface area contributed by atoms with Crippen LogP contribution in [0.25, 0.3) is 0 Å². The molecule has 1 N–H and O–H groups in total. The molecule has 24 heavy (non-hydrogen) atoms. The average Bonchev–Trinajstić information content (AvgIpc) is 3.10. The Hall–Kier alpha value is -1.36.